The van der Waals surface area contributed by atoms with Gasteiger partial charge in [-0.2, -0.15) is 15.0 Å². The smallest absolute Gasteiger partial charge is 0.336 e. The highest BCUT2D eigenvalue weighted by molar-refractivity contribution is 6.35. The molecule has 0 spiro atoms. The van der Waals surface area contributed by atoms with Gasteiger partial charge >= 0.3 is 12.1 Å². The third-order valence-corrected chi connectivity index (χ3v) is 2.56. The maximum atomic E-state index is 11.1. The van der Waals surface area contributed by atoms with Crippen LogP contribution in [0.25, 0.3) is 0 Å². The number of primary amides is 2. The Kier molecular flexibility index (Phi) is 5.46. The number of hydrazine groups is 2. The van der Waals surface area contributed by atoms with Crippen LogP contribution in [0.2, 0.25) is 5.02 Å². The number of hydrogen-bond acceptors (Lipinski definition) is 7. The molecular formula is C9H15ClN9O2. The molecule has 115 valence electrons. The molecule has 1 heterocycles. The van der Waals surface area contributed by atoms with Gasteiger partial charge in [-0.15, -0.1) is 0 Å². The van der Waals surface area contributed by atoms with E-state index in [1.165, 1.54) is 0 Å². The van der Waals surface area contributed by atoms with Crippen molar-refractivity contribution in [2.75, 3.05) is 21.9 Å². The number of aromatic nitrogens is 2. The zero-order valence-electron chi connectivity index (χ0n) is 11.1. The first-order chi connectivity index (χ1) is 9.79. The number of nitrogens with two attached hydrogens (primary N) is 4. The Morgan fingerprint density at radius 1 is 1.24 bits per heavy atom. The van der Waals surface area contributed by atoms with Gasteiger partial charge in [0.1, 0.15) is 5.02 Å². The lowest BCUT2D eigenvalue weighted by Gasteiger charge is -2.19. The summed E-state index contributed by atoms with van der Waals surface area (Å²) in [6, 6.07) is -2.03. The van der Waals surface area contributed by atoms with Crippen molar-refractivity contribution < 1.29 is 9.59 Å². The molecular weight excluding hydrogens is 302 g/mol. The largest absolute Gasteiger partial charge is 0.368 e. The van der Waals surface area contributed by atoms with E-state index in [2.05, 4.69) is 15.3 Å². The van der Waals surface area contributed by atoms with Crippen molar-refractivity contribution >= 4 is 41.2 Å². The highest BCUT2D eigenvalue weighted by Crippen LogP contribution is 2.30. The topological polar surface area (TPSA) is 183 Å². The number of carbonyl (C=O) groups is 2. The molecule has 12 heteroatoms. The molecule has 4 amide bonds. The fourth-order valence-electron chi connectivity index (χ4n) is 1.21. The van der Waals surface area contributed by atoms with E-state index >= 15 is 0 Å². The normalized spacial score (nSPS) is 10.1. The standard InChI is InChI=1S/C9H15ClN9O2/c1-2-3-15-5-4(10)6(18(13)7(11)20)17-9(16-5)19(14)8(12)21/h2H,3,13-14H2,1H3,(H2,11,20)(H2,12,21)(H,15,16,17). The van der Waals surface area contributed by atoms with Gasteiger partial charge in [0.15, 0.2) is 11.6 Å². The molecule has 0 fully saturated rings. The average molecular weight is 317 g/mol. The first kappa shape index (κ1) is 16.7. The van der Waals surface area contributed by atoms with E-state index in [1.54, 1.807) is 13.3 Å². The van der Waals surface area contributed by atoms with Crippen LogP contribution in [-0.2, 0) is 0 Å². The molecule has 0 aliphatic heterocycles. The molecule has 0 saturated carbocycles. The molecule has 11 nitrogen and oxygen atoms in total. The second kappa shape index (κ2) is 6.88. The lowest BCUT2D eigenvalue weighted by atomic mass is 10.4. The number of halogens is 1. The summed E-state index contributed by atoms with van der Waals surface area (Å²) in [5, 5.41) is 3.71. The number of urea groups is 2. The molecule has 0 aromatic carbocycles. The van der Waals surface area contributed by atoms with Gasteiger partial charge in [-0.25, -0.2) is 26.3 Å². The number of nitrogens with one attached hydrogen (secondary N) is 1. The molecule has 0 bridgehead atoms. The van der Waals surface area contributed by atoms with Gasteiger partial charge in [0.25, 0.3) is 5.95 Å². The van der Waals surface area contributed by atoms with E-state index in [9.17, 15) is 9.59 Å². The van der Waals surface area contributed by atoms with Crippen molar-refractivity contribution in [1.29, 1.82) is 0 Å². The molecule has 9 N–H and O–H groups in total. The second-order valence-corrected chi connectivity index (χ2v) is 4.09. The van der Waals surface area contributed by atoms with E-state index in [-0.39, 0.29) is 22.6 Å². The van der Waals surface area contributed by atoms with Crippen LogP contribution in [0.15, 0.2) is 0 Å². The lowest BCUT2D eigenvalue weighted by molar-refractivity contribution is 0.253. The summed E-state index contributed by atoms with van der Waals surface area (Å²) >= 11 is 6.03. The minimum absolute atomic E-state index is 0.0697. The molecule has 0 unspecified atom stereocenters. The van der Waals surface area contributed by atoms with Crippen LogP contribution in [0.1, 0.15) is 6.92 Å². The van der Waals surface area contributed by atoms with Crippen molar-refractivity contribution in [2.24, 2.45) is 23.2 Å². The summed E-state index contributed by atoms with van der Waals surface area (Å²) in [6.07, 6.45) is 1.78. The predicted octanol–water partition coefficient (Wildman–Crippen LogP) is -0.716. The summed E-state index contributed by atoms with van der Waals surface area (Å²) in [5.74, 6) is 10.4. The van der Waals surface area contributed by atoms with Crippen molar-refractivity contribution in [2.45, 2.75) is 6.92 Å². The summed E-state index contributed by atoms with van der Waals surface area (Å²) in [7, 11) is 0. The summed E-state index contributed by atoms with van der Waals surface area (Å²) in [4.78, 5) is 29.9. The molecule has 1 aromatic rings. The van der Waals surface area contributed by atoms with Crippen molar-refractivity contribution in [3.63, 3.8) is 0 Å². The maximum absolute atomic E-state index is 11.1. The van der Waals surface area contributed by atoms with Crippen LogP contribution in [0.3, 0.4) is 0 Å². The Morgan fingerprint density at radius 2 is 1.81 bits per heavy atom. The van der Waals surface area contributed by atoms with Crippen LogP contribution < -0.4 is 38.5 Å². The Hall–Kier alpha value is -2.37. The molecule has 1 radical (unpaired) electrons. The van der Waals surface area contributed by atoms with E-state index in [0.29, 0.717) is 16.6 Å². The van der Waals surface area contributed by atoms with Gasteiger partial charge < -0.3 is 16.8 Å². The fraction of sp³-hybridized carbons (Fsp3) is 0.222. The third kappa shape index (κ3) is 3.81. The summed E-state index contributed by atoms with van der Waals surface area (Å²) in [6.45, 7) is 2.19. The number of hydrogen-bond donors (Lipinski definition) is 5. The van der Waals surface area contributed by atoms with E-state index < -0.39 is 12.1 Å². The highest BCUT2D eigenvalue weighted by Gasteiger charge is 2.22. The zero-order valence-corrected chi connectivity index (χ0v) is 11.8. The highest BCUT2D eigenvalue weighted by atomic mass is 35.5. The molecule has 0 aliphatic carbocycles. The fourth-order valence-corrected chi connectivity index (χ4v) is 1.45. The van der Waals surface area contributed by atoms with E-state index in [0.717, 1.165) is 0 Å². The number of nitrogens with zero attached hydrogens (tertiary/aromatic N) is 4. The zero-order chi connectivity index (χ0) is 16.2. The number of rotatable bonds is 5. The van der Waals surface area contributed by atoms with Gasteiger partial charge in [0.2, 0.25) is 0 Å². The third-order valence-electron chi connectivity index (χ3n) is 2.21. The first-order valence-electron chi connectivity index (χ1n) is 5.57. The van der Waals surface area contributed by atoms with Crippen LogP contribution in [0.4, 0.5) is 27.2 Å². The van der Waals surface area contributed by atoms with Gasteiger partial charge in [0, 0.05) is 6.54 Å². The molecule has 21 heavy (non-hydrogen) atoms. The van der Waals surface area contributed by atoms with Crippen molar-refractivity contribution in [3.05, 3.63) is 11.4 Å². The quantitative estimate of drug-likeness (QED) is 0.270. The van der Waals surface area contributed by atoms with Crippen LogP contribution >= 0.6 is 11.6 Å². The minimum atomic E-state index is -1.02. The molecule has 0 saturated heterocycles. The van der Waals surface area contributed by atoms with Gasteiger partial charge in [0.05, 0.1) is 0 Å². The predicted molar refractivity (Wildman–Crippen MR) is 78.0 cm³/mol. The van der Waals surface area contributed by atoms with Crippen LogP contribution in [-0.4, -0.2) is 28.6 Å². The number of carbonyl (C=O) groups excluding carboxylic acids is 2. The number of anilines is 3. The summed E-state index contributed by atoms with van der Waals surface area (Å²) in [5.41, 5.74) is 10.1. The Balaban J connectivity index is 3.37. The van der Waals surface area contributed by atoms with Gasteiger partial charge in [-0.05, 0) is 6.42 Å². The summed E-state index contributed by atoms with van der Waals surface area (Å²) < 4.78 is 0. The van der Waals surface area contributed by atoms with Gasteiger partial charge in [-0.3, -0.25) is 0 Å². The van der Waals surface area contributed by atoms with Crippen molar-refractivity contribution in [1.82, 2.24) is 9.97 Å². The Bertz CT molecular complexity index is 552. The van der Waals surface area contributed by atoms with Crippen LogP contribution in [0, 0.1) is 6.42 Å². The minimum Gasteiger partial charge on any atom is -0.368 e. The lowest BCUT2D eigenvalue weighted by Crippen LogP contribution is -2.45. The van der Waals surface area contributed by atoms with E-state index in [1.807, 2.05) is 0 Å². The SMILES string of the molecule is C[CH]CNc1nc(N(N)C(N)=O)nc(N(N)C(N)=O)c1Cl. The molecule has 1 aromatic heterocycles. The maximum Gasteiger partial charge on any atom is 0.336 e. The molecule has 0 aliphatic rings. The number of amides is 4. The first-order valence-corrected chi connectivity index (χ1v) is 5.95. The molecule has 1 rings (SSSR count). The van der Waals surface area contributed by atoms with Gasteiger partial charge in [-0.1, -0.05) is 18.5 Å². The average Bonchev–Trinajstić information content (AvgIpc) is 2.44. The Morgan fingerprint density at radius 3 is 2.29 bits per heavy atom. The second-order valence-electron chi connectivity index (χ2n) is 3.72. The molecule has 0 atom stereocenters. The Labute approximate surface area is 125 Å². The van der Waals surface area contributed by atoms with Crippen molar-refractivity contribution in [3.8, 4) is 0 Å². The van der Waals surface area contributed by atoms with Crippen LogP contribution in [0.5, 0.6) is 0 Å². The monoisotopic (exact) mass is 316 g/mol. The van der Waals surface area contributed by atoms with E-state index in [4.69, 9.17) is 34.8 Å².